The molecule has 4 N–H and O–H groups in total. The minimum atomic E-state index is -0.563. The van der Waals surface area contributed by atoms with Crippen LogP contribution in [0.2, 0.25) is 0 Å². The fourth-order valence-corrected chi connectivity index (χ4v) is 5.92. The lowest BCUT2D eigenvalue weighted by Crippen LogP contribution is -2.59. The molecule has 0 radical (unpaired) electrons. The number of carbonyl (C=O) groups excluding carboxylic acids is 2. The molecule has 7 atom stereocenters. The number of aliphatic hydroxyl groups excluding tert-OH is 1. The lowest BCUT2D eigenvalue weighted by atomic mass is 9.52. The molecule has 0 saturated heterocycles. The zero-order valence-corrected chi connectivity index (χ0v) is 19.2. The third kappa shape index (κ3) is 5.20. The Morgan fingerprint density at radius 1 is 1.29 bits per heavy atom. The molecule has 2 saturated carbocycles. The quantitative estimate of drug-likeness (QED) is 0.557. The van der Waals surface area contributed by atoms with Gasteiger partial charge in [0.2, 0.25) is 5.91 Å². The van der Waals surface area contributed by atoms with Crippen LogP contribution in [0.3, 0.4) is 0 Å². The highest BCUT2D eigenvalue weighted by atomic mass is 16.3. The van der Waals surface area contributed by atoms with Gasteiger partial charge in [-0.05, 0) is 67.4 Å². The first kappa shape index (κ1) is 23.5. The van der Waals surface area contributed by atoms with Crippen molar-refractivity contribution in [3.05, 3.63) is 30.1 Å². The molecule has 172 valence electrons. The van der Waals surface area contributed by atoms with E-state index < -0.39 is 6.10 Å². The van der Waals surface area contributed by atoms with Gasteiger partial charge in [-0.3, -0.25) is 9.78 Å². The van der Waals surface area contributed by atoms with E-state index in [1.807, 2.05) is 26.0 Å². The van der Waals surface area contributed by atoms with Crippen LogP contribution in [-0.2, 0) is 11.3 Å². The minimum Gasteiger partial charge on any atom is -0.392 e. The summed E-state index contributed by atoms with van der Waals surface area (Å²) in [4.78, 5) is 29.0. The van der Waals surface area contributed by atoms with Gasteiger partial charge in [-0.15, -0.1) is 0 Å². The number of fused-ring (bicyclic) bond motifs is 1. The predicted molar refractivity (Wildman–Crippen MR) is 120 cm³/mol. The molecule has 0 aromatic carbocycles. The molecule has 31 heavy (non-hydrogen) atoms. The third-order valence-corrected chi connectivity index (χ3v) is 7.79. The zero-order chi connectivity index (χ0) is 22.6. The Balaban J connectivity index is 1.66. The number of nitrogens with zero attached hydrogens (tertiary/aromatic N) is 1. The van der Waals surface area contributed by atoms with E-state index in [1.54, 1.807) is 12.4 Å². The largest absolute Gasteiger partial charge is 0.392 e. The van der Waals surface area contributed by atoms with Crippen LogP contribution in [0.15, 0.2) is 24.5 Å². The van der Waals surface area contributed by atoms with E-state index >= 15 is 0 Å². The summed E-state index contributed by atoms with van der Waals surface area (Å²) in [5, 5.41) is 20.3. The van der Waals surface area contributed by atoms with Crippen molar-refractivity contribution in [3.8, 4) is 0 Å². The Morgan fingerprint density at radius 3 is 2.71 bits per heavy atom. The van der Waals surface area contributed by atoms with Gasteiger partial charge in [0.15, 0.2) is 0 Å². The number of carbonyl (C=O) groups is 2. The van der Waals surface area contributed by atoms with Gasteiger partial charge in [-0.1, -0.05) is 26.8 Å². The smallest absolute Gasteiger partial charge is 0.315 e. The normalized spacial score (nSPS) is 33.6. The van der Waals surface area contributed by atoms with Crippen molar-refractivity contribution in [2.45, 2.75) is 72.1 Å². The maximum atomic E-state index is 12.9. The van der Waals surface area contributed by atoms with Crippen molar-refractivity contribution >= 4 is 11.9 Å². The van der Waals surface area contributed by atoms with Gasteiger partial charge in [-0.2, -0.15) is 0 Å². The molecule has 3 rings (SSSR count). The summed E-state index contributed by atoms with van der Waals surface area (Å²) in [5.41, 5.74) is 1.00. The Labute approximate surface area is 185 Å². The van der Waals surface area contributed by atoms with Crippen LogP contribution in [0.4, 0.5) is 4.79 Å². The molecular weight excluding hydrogens is 392 g/mol. The second-order valence-electron chi connectivity index (χ2n) is 9.75. The lowest BCUT2D eigenvalue weighted by Gasteiger charge is -2.56. The van der Waals surface area contributed by atoms with Crippen molar-refractivity contribution in [2.24, 2.45) is 29.1 Å². The minimum absolute atomic E-state index is 0.0306. The van der Waals surface area contributed by atoms with Crippen LogP contribution in [0, 0.1) is 29.1 Å². The van der Waals surface area contributed by atoms with E-state index in [1.165, 1.54) is 0 Å². The van der Waals surface area contributed by atoms with Crippen LogP contribution in [-0.4, -0.2) is 40.7 Å². The van der Waals surface area contributed by atoms with Gasteiger partial charge in [-0.25, -0.2) is 4.79 Å². The maximum absolute atomic E-state index is 12.9. The molecule has 2 aliphatic rings. The summed E-state index contributed by atoms with van der Waals surface area (Å²) in [5.74, 6) is -0.194. The molecule has 1 aromatic rings. The first-order valence-corrected chi connectivity index (χ1v) is 11.7. The van der Waals surface area contributed by atoms with Crippen LogP contribution >= 0.6 is 0 Å². The highest BCUT2D eigenvalue weighted by Crippen LogP contribution is 2.55. The summed E-state index contributed by atoms with van der Waals surface area (Å²) in [6.07, 6.45) is 6.63. The zero-order valence-electron chi connectivity index (χ0n) is 19.2. The summed E-state index contributed by atoms with van der Waals surface area (Å²) < 4.78 is 0. The fraction of sp³-hybridized carbons (Fsp3) is 0.708. The topological polar surface area (TPSA) is 103 Å². The number of aliphatic hydroxyl groups is 1. The number of urea groups is 1. The molecule has 1 aromatic heterocycles. The van der Waals surface area contributed by atoms with Gasteiger partial charge in [0.05, 0.1) is 6.10 Å². The number of pyridine rings is 1. The van der Waals surface area contributed by atoms with E-state index in [4.69, 9.17) is 0 Å². The van der Waals surface area contributed by atoms with Crippen molar-refractivity contribution in [1.82, 2.24) is 20.9 Å². The van der Waals surface area contributed by atoms with Gasteiger partial charge < -0.3 is 21.1 Å². The second kappa shape index (κ2) is 9.98. The average molecular weight is 431 g/mol. The highest BCUT2D eigenvalue weighted by molar-refractivity contribution is 5.78. The van der Waals surface area contributed by atoms with E-state index in [2.05, 4.69) is 34.8 Å². The summed E-state index contributed by atoms with van der Waals surface area (Å²) >= 11 is 0. The Bertz CT molecular complexity index is 758. The molecule has 2 aliphatic carbocycles. The average Bonchev–Trinajstić information content (AvgIpc) is 2.75. The van der Waals surface area contributed by atoms with Gasteiger partial charge in [0.1, 0.15) is 0 Å². The number of nitrogens with one attached hydrogen (secondary N) is 3. The van der Waals surface area contributed by atoms with Gasteiger partial charge >= 0.3 is 6.03 Å². The van der Waals surface area contributed by atoms with Crippen molar-refractivity contribution in [2.75, 3.05) is 6.54 Å². The first-order chi connectivity index (χ1) is 14.8. The lowest BCUT2D eigenvalue weighted by molar-refractivity contribution is -0.142. The van der Waals surface area contributed by atoms with Gasteiger partial charge in [0.25, 0.3) is 0 Å². The molecular formula is C24H38N4O3. The number of rotatable bonds is 6. The molecule has 7 heteroatoms. The molecule has 0 aliphatic heterocycles. The SMILES string of the molecule is CCNC(=O)N[C@@H]1CC[C@@]2(C)CC[C@@H]([C@H](C)C(=O)NCc3cccnc3)[C@H](O)[C@H]2[C@@H]1C. The molecule has 1 heterocycles. The number of aromatic nitrogens is 1. The number of amides is 3. The van der Waals surface area contributed by atoms with E-state index in [0.717, 1.165) is 31.2 Å². The molecule has 0 unspecified atom stereocenters. The van der Waals surface area contributed by atoms with E-state index in [9.17, 15) is 14.7 Å². The monoisotopic (exact) mass is 430 g/mol. The van der Waals surface area contributed by atoms with Gasteiger partial charge in [0, 0.05) is 37.4 Å². The second-order valence-corrected chi connectivity index (χ2v) is 9.75. The van der Waals surface area contributed by atoms with E-state index in [0.29, 0.717) is 13.1 Å². The summed E-state index contributed by atoms with van der Waals surface area (Å²) in [7, 11) is 0. The molecule has 7 nitrogen and oxygen atoms in total. The van der Waals surface area contributed by atoms with Crippen molar-refractivity contribution in [1.29, 1.82) is 0 Å². The Kier molecular flexibility index (Phi) is 7.57. The number of hydrogen-bond acceptors (Lipinski definition) is 4. The molecule has 2 fully saturated rings. The van der Waals surface area contributed by atoms with Crippen LogP contribution in [0.1, 0.15) is 58.9 Å². The van der Waals surface area contributed by atoms with Crippen LogP contribution in [0.5, 0.6) is 0 Å². The summed E-state index contributed by atoms with van der Waals surface area (Å²) in [6.45, 7) is 9.26. The molecule has 0 spiro atoms. The first-order valence-electron chi connectivity index (χ1n) is 11.7. The third-order valence-electron chi connectivity index (χ3n) is 7.79. The molecule has 0 bridgehead atoms. The van der Waals surface area contributed by atoms with Crippen LogP contribution < -0.4 is 16.0 Å². The Morgan fingerprint density at radius 2 is 2.03 bits per heavy atom. The van der Waals surface area contributed by atoms with Crippen molar-refractivity contribution in [3.63, 3.8) is 0 Å². The standard InChI is InChI=1S/C24H38N4O3/c1-5-26-23(31)28-19-9-11-24(4)10-8-18(21(29)20(24)16(19)3)15(2)22(30)27-14-17-7-6-12-25-13-17/h6-7,12-13,15-16,18-21,29H,5,8-11,14H2,1-4H3,(H,27,30)(H2,26,28,31)/t15-,16+,18-,19+,20+,21-,24+/m0/s1. The summed E-state index contributed by atoms with van der Waals surface area (Å²) in [6, 6.07) is 3.68. The Hall–Kier alpha value is -2.15. The van der Waals surface area contributed by atoms with E-state index in [-0.39, 0.29) is 47.1 Å². The van der Waals surface area contributed by atoms with Crippen molar-refractivity contribution < 1.29 is 14.7 Å². The maximum Gasteiger partial charge on any atom is 0.315 e. The predicted octanol–water partition coefficient (Wildman–Crippen LogP) is 2.84. The van der Waals surface area contributed by atoms with Crippen LogP contribution in [0.25, 0.3) is 0 Å². The fourth-order valence-electron chi connectivity index (χ4n) is 5.92. The molecule has 3 amide bonds. The number of hydrogen-bond donors (Lipinski definition) is 4. The highest BCUT2D eigenvalue weighted by Gasteiger charge is 2.53.